The highest BCUT2D eigenvalue weighted by Gasteiger charge is 2.33. The predicted octanol–water partition coefficient (Wildman–Crippen LogP) is 13.4. The van der Waals surface area contributed by atoms with Crippen LogP contribution in [0.2, 0.25) is 0 Å². The molecule has 0 radical (unpaired) electrons. The Morgan fingerprint density at radius 1 is 0.633 bits per heavy atom. The fourth-order valence-electron chi connectivity index (χ4n) is 8.48. The highest BCUT2D eigenvalue weighted by molar-refractivity contribution is 6.11. The number of nitrogens with zero attached hydrogens (tertiary/aromatic N) is 1. The van der Waals surface area contributed by atoms with Crippen LogP contribution in [0.4, 0.5) is 11.4 Å². The molecule has 3 aliphatic rings. The van der Waals surface area contributed by atoms with Gasteiger partial charge in [-0.2, -0.15) is 0 Å². The summed E-state index contributed by atoms with van der Waals surface area (Å²) in [5.74, 6) is 0.703. The van der Waals surface area contributed by atoms with E-state index in [4.69, 9.17) is 0 Å². The molecule has 6 aromatic rings. The Hall–Kier alpha value is -5.66. The molecule has 1 nitrogen and oxygen atoms in total. The Labute approximate surface area is 289 Å². The van der Waals surface area contributed by atoms with E-state index >= 15 is 0 Å². The maximum absolute atomic E-state index is 2.47. The number of hydrogen-bond acceptors (Lipinski definition) is 1. The second-order valence-corrected chi connectivity index (χ2v) is 13.7. The van der Waals surface area contributed by atoms with Gasteiger partial charge in [-0.15, -0.1) is 0 Å². The van der Waals surface area contributed by atoms with E-state index < -0.39 is 0 Å². The molecule has 4 bridgehead atoms. The molecule has 1 heteroatoms. The van der Waals surface area contributed by atoms with E-state index in [2.05, 4.69) is 183 Å². The quantitative estimate of drug-likeness (QED) is 0.183. The number of anilines is 2. The first-order chi connectivity index (χ1) is 24.1. The van der Waals surface area contributed by atoms with Gasteiger partial charge in [-0.05, 0) is 122 Å². The van der Waals surface area contributed by atoms with Crippen LogP contribution in [-0.2, 0) is 0 Å². The van der Waals surface area contributed by atoms with E-state index in [0.29, 0.717) is 5.92 Å². The van der Waals surface area contributed by atoms with Gasteiger partial charge in [0.1, 0.15) is 0 Å². The van der Waals surface area contributed by atoms with Crippen molar-refractivity contribution in [2.45, 2.75) is 33.1 Å². The molecule has 0 amide bonds. The molecule has 0 saturated carbocycles. The van der Waals surface area contributed by atoms with Gasteiger partial charge in [-0.3, -0.25) is 0 Å². The first kappa shape index (κ1) is 29.5. The van der Waals surface area contributed by atoms with E-state index in [1.54, 1.807) is 0 Å². The molecule has 6 aromatic carbocycles. The van der Waals surface area contributed by atoms with Gasteiger partial charge >= 0.3 is 0 Å². The van der Waals surface area contributed by atoms with Crippen molar-refractivity contribution in [3.63, 3.8) is 0 Å². The van der Waals surface area contributed by atoms with Crippen LogP contribution in [0, 0.1) is 5.92 Å². The molecular weight excluding hydrogens is 591 g/mol. The Morgan fingerprint density at radius 2 is 1.37 bits per heavy atom. The monoisotopic (exact) mass is 629 g/mol. The molecule has 0 aliphatic heterocycles. The normalized spacial score (nSPS) is 17.5. The molecule has 0 spiro atoms. The minimum absolute atomic E-state index is 0.238. The van der Waals surface area contributed by atoms with Crippen molar-refractivity contribution >= 4 is 33.3 Å². The fraction of sp³-hybridized carbons (Fsp3) is 0.125. The lowest BCUT2D eigenvalue weighted by molar-refractivity contribution is 0.726. The third-order valence-corrected chi connectivity index (χ3v) is 10.7. The Morgan fingerprint density at radius 3 is 2.24 bits per heavy atom. The molecule has 2 unspecified atom stereocenters. The summed E-state index contributed by atoms with van der Waals surface area (Å²) in [5, 5.41) is 2.54. The third-order valence-electron chi connectivity index (χ3n) is 10.7. The van der Waals surface area contributed by atoms with Gasteiger partial charge in [0, 0.05) is 23.0 Å². The van der Waals surface area contributed by atoms with Crippen LogP contribution < -0.4 is 4.90 Å². The van der Waals surface area contributed by atoms with Gasteiger partial charge in [-0.1, -0.05) is 141 Å². The predicted molar refractivity (Wildman–Crippen MR) is 210 cm³/mol. The third kappa shape index (κ3) is 4.76. The minimum Gasteiger partial charge on any atom is -0.311 e. The summed E-state index contributed by atoms with van der Waals surface area (Å²) < 4.78 is 0. The molecule has 0 aromatic heterocycles. The number of fused-ring (bicyclic) bond motifs is 6. The number of hydrogen-bond donors (Lipinski definition) is 0. The summed E-state index contributed by atoms with van der Waals surface area (Å²) in [6.45, 7) is 6.85. The summed E-state index contributed by atoms with van der Waals surface area (Å²) in [7, 11) is 0. The molecule has 9 rings (SSSR count). The van der Waals surface area contributed by atoms with E-state index in [0.717, 1.165) is 12.1 Å². The highest BCUT2D eigenvalue weighted by atomic mass is 15.1. The van der Waals surface area contributed by atoms with Gasteiger partial charge in [0.05, 0.1) is 0 Å². The van der Waals surface area contributed by atoms with Crippen LogP contribution in [-0.4, -0.2) is 0 Å². The fourth-order valence-corrected chi connectivity index (χ4v) is 8.48. The smallest absolute Gasteiger partial charge is 0.0467 e. The number of rotatable bonds is 5. The summed E-state index contributed by atoms with van der Waals surface area (Å²) in [6.07, 6.45) is 12.7. The molecule has 49 heavy (non-hydrogen) atoms. The lowest BCUT2D eigenvalue weighted by Crippen LogP contribution is -2.18. The van der Waals surface area contributed by atoms with Gasteiger partial charge in [-0.25, -0.2) is 0 Å². The highest BCUT2D eigenvalue weighted by Crippen LogP contribution is 2.56. The summed E-state index contributed by atoms with van der Waals surface area (Å²) >= 11 is 0. The average molecular weight is 630 g/mol. The molecule has 2 atom stereocenters. The molecule has 0 saturated heterocycles. The maximum atomic E-state index is 2.47. The second-order valence-electron chi connectivity index (χ2n) is 13.7. The Balaban J connectivity index is 1.29. The van der Waals surface area contributed by atoms with Crippen molar-refractivity contribution in [3.8, 4) is 33.4 Å². The zero-order chi connectivity index (χ0) is 33.1. The first-order valence-corrected chi connectivity index (χ1v) is 17.6. The van der Waals surface area contributed by atoms with Crippen LogP contribution in [0.15, 0.2) is 163 Å². The van der Waals surface area contributed by atoms with Crippen LogP contribution in [0.3, 0.4) is 0 Å². The molecule has 3 aliphatic carbocycles. The van der Waals surface area contributed by atoms with E-state index in [1.165, 1.54) is 83.4 Å². The Bertz CT molecular complexity index is 2410. The Kier molecular flexibility index (Phi) is 7.09. The SMILES string of the molecule is C/C=C\C1=C2c3cc(N(C4=CC(C)CC=C4)c4cccc(-c5cccc6ccccc56)c4)ccc3-c3cccc(c3-c3ccccc31)C2C. The summed E-state index contributed by atoms with van der Waals surface area (Å²) in [6, 6.07) is 47.5. The number of benzene rings is 6. The topological polar surface area (TPSA) is 3.24 Å². The lowest BCUT2D eigenvalue weighted by Gasteiger charge is -2.31. The molecule has 0 fully saturated rings. The number of allylic oxidation sites excluding steroid dienone is 7. The zero-order valence-electron chi connectivity index (χ0n) is 28.3. The minimum atomic E-state index is 0.238. The first-order valence-electron chi connectivity index (χ1n) is 17.6. The van der Waals surface area contributed by atoms with Crippen molar-refractivity contribution < 1.29 is 0 Å². The molecular formula is C48H39N. The summed E-state index contributed by atoms with van der Waals surface area (Å²) in [5.41, 5.74) is 18.1. The van der Waals surface area contributed by atoms with Crippen molar-refractivity contribution in [1.29, 1.82) is 0 Å². The zero-order valence-corrected chi connectivity index (χ0v) is 28.3. The summed E-state index contributed by atoms with van der Waals surface area (Å²) in [4.78, 5) is 2.47. The van der Waals surface area contributed by atoms with Crippen molar-refractivity contribution in [1.82, 2.24) is 0 Å². The van der Waals surface area contributed by atoms with Gasteiger partial charge < -0.3 is 4.90 Å². The van der Waals surface area contributed by atoms with Crippen molar-refractivity contribution in [3.05, 3.63) is 180 Å². The molecule has 0 N–H and O–H groups in total. The van der Waals surface area contributed by atoms with Crippen LogP contribution in [0.5, 0.6) is 0 Å². The van der Waals surface area contributed by atoms with E-state index in [1.807, 2.05) is 0 Å². The standard InChI is InChI=1S/C48H39N/c1-4-13-43-41-21-7-8-22-44(41)48-38-23-12-25-45(48)42-27-26-37(30-46(42)47(43)32(38)3)49(35-18-9-14-31(2)28-35)36-19-10-17-34(29-36)40-24-11-16-33-15-5-6-20-39(33)40/h4-13,15-32H,14H2,1-3H3/b13-4-. The second kappa shape index (κ2) is 11.8. The van der Waals surface area contributed by atoms with Crippen molar-refractivity contribution in [2.24, 2.45) is 5.92 Å². The van der Waals surface area contributed by atoms with Gasteiger partial charge in [0.2, 0.25) is 0 Å². The largest absolute Gasteiger partial charge is 0.311 e. The van der Waals surface area contributed by atoms with Gasteiger partial charge in [0.25, 0.3) is 0 Å². The average Bonchev–Trinajstić information content (AvgIpc) is 3.27. The maximum Gasteiger partial charge on any atom is 0.0467 e. The lowest BCUT2D eigenvalue weighted by atomic mass is 9.82. The molecule has 236 valence electrons. The van der Waals surface area contributed by atoms with Crippen LogP contribution in [0.1, 0.15) is 49.8 Å². The van der Waals surface area contributed by atoms with Gasteiger partial charge in [0.15, 0.2) is 0 Å². The van der Waals surface area contributed by atoms with E-state index in [-0.39, 0.29) is 5.92 Å². The van der Waals surface area contributed by atoms with E-state index in [9.17, 15) is 0 Å². The van der Waals surface area contributed by atoms with Crippen molar-refractivity contribution in [2.75, 3.05) is 4.90 Å². The van der Waals surface area contributed by atoms with Crippen LogP contribution in [0.25, 0.3) is 55.3 Å². The molecule has 0 heterocycles. The van der Waals surface area contributed by atoms with Crippen LogP contribution >= 0.6 is 0 Å².